The molecule has 0 radical (unpaired) electrons. The van der Waals surface area contributed by atoms with Crippen LogP contribution in [0.25, 0.3) is 0 Å². The van der Waals surface area contributed by atoms with Gasteiger partial charge in [-0.2, -0.15) is 0 Å². The van der Waals surface area contributed by atoms with Crippen molar-refractivity contribution < 1.29 is 4.79 Å². The standard InChI is InChI=1S/C13H19N3O/c1-16(10-13(9-14)5-6-13)12(17)8-11-4-2-3-7-15-11/h2-4,7H,5-6,8-10,14H2,1H3. The molecule has 0 unspecified atom stereocenters. The fraction of sp³-hybridized carbons (Fsp3) is 0.538. The van der Waals surface area contributed by atoms with Crippen molar-refractivity contribution in [1.29, 1.82) is 0 Å². The molecule has 0 aromatic carbocycles. The van der Waals surface area contributed by atoms with Gasteiger partial charge >= 0.3 is 0 Å². The zero-order valence-corrected chi connectivity index (χ0v) is 10.2. The summed E-state index contributed by atoms with van der Waals surface area (Å²) in [7, 11) is 1.85. The van der Waals surface area contributed by atoms with E-state index in [1.165, 1.54) is 0 Å². The van der Waals surface area contributed by atoms with Gasteiger partial charge in [-0.05, 0) is 31.5 Å². The molecule has 0 atom stereocenters. The largest absolute Gasteiger partial charge is 0.345 e. The lowest BCUT2D eigenvalue weighted by Crippen LogP contribution is -2.36. The summed E-state index contributed by atoms with van der Waals surface area (Å²) in [6.45, 7) is 1.45. The molecule has 0 spiro atoms. The Labute approximate surface area is 102 Å². The second kappa shape index (κ2) is 4.84. The number of nitrogens with two attached hydrogens (primary N) is 1. The van der Waals surface area contributed by atoms with Gasteiger partial charge < -0.3 is 10.6 Å². The van der Waals surface area contributed by atoms with E-state index in [0.717, 1.165) is 25.1 Å². The average molecular weight is 233 g/mol. The number of aromatic nitrogens is 1. The summed E-state index contributed by atoms with van der Waals surface area (Å²) >= 11 is 0. The van der Waals surface area contributed by atoms with Crippen molar-refractivity contribution in [2.45, 2.75) is 19.3 Å². The van der Waals surface area contributed by atoms with Crippen LogP contribution in [-0.4, -0.2) is 35.9 Å². The number of carbonyl (C=O) groups is 1. The average Bonchev–Trinajstić information content (AvgIpc) is 3.11. The van der Waals surface area contributed by atoms with Crippen LogP contribution < -0.4 is 5.73 Å². The molecule has 0 saturated heterocycles. The van der Waals surface area contributed by atoms with Gasteiger partial charge in [-0.25, -0.2) is 0 Å². The van der Waals surface area contributed by atoms with Crippen LogP contribution in [0.15, 0.2) is 24.4 Å². The highest BCUT2D eigenvalue weighted by atomic mass is 16.2. The normalized spacial score (nSPS) is 16.6. The summed E-state index contributed by atoms with van der Waals surface area (Å²) < 4.78 is 0. The molecule has 4 heteroatoms. The molecule has 1 aliphatic rings. The first-order valence-corrected chi connectivity index (χ1v) is 5.99. The molecule has 0 bridgehead atoms. The third-order valence-corrected chi connectivity index (χ3v) is 3.45. The van der Waals surface area contributed by atoms with E-state index in [9.17, 15) is 4.79 Å². The third kappa shape index (κ3) is 3.03. The zero-order chi connectivity index (χ0) is 12.3. The summed E-state index contributed by atoms with van der Waals surface area (Å²) in [5.74, 6) is 0.114. The number of likely N-dealkylation sites (N-methyl/N-ethyl adjacent to an activating group) is 1. The Hall–Kier alpha value is -1.42. The molecule has 1 aromatic rings. The predicted octanol–water partition coefficient (Wildman–Crippen LogP) is 0.821. The van der Waals surface area contributed by atoms with Gasteiger partial charge in [-0.1, -0.05) is 6.07 Å². The van der Waals surface area contributed by atoms with Crippen molar-refractivity contribution in [3.8, 4) is 0 Å². The zero-order valence-electron chi connectivity index (χ0n) is 10.2. The lowest BCUT2D eigenvalue weighted by molar-refractivity contribution is -0.129. The molecule has 2 N–H and O–H groups in total. The topological polar surface area (TPSA) is 59.2 Å². The van der Waals surface area contributed by atoms with Crippen LogP contribution in [0.5, 0.6) is 0 Å². The van der Waals surface area contributed by atoms with Gasteiger partial charge in [0, 0.05) is 30.9 Å². The van der Waals surface area contributed by atoms with Gasteiger partial charge in [-0.15, -0.1) is 0 Å². The molecule has 1 aliphatic carbocycles. The molecule has 4 nitrogen and oxygen atoms in total. The lowest BCUT2D eigenvalue weighted by Gasteiger charge is -2.22. The molecule has 1 saturated carbocycles. The summed E-state index contributed by atoms with van der Waals surface area (Å²) in [5.41, 5.74) is 6.74. The van der Waals surface area contributed by atoms with E-state index in [4.69, 9.17) is 5.73 Å². The minimum absolute atomic E-state index is 0.114. The summed E-state index contributed by atoms with van der Waals surface area (Å²) in [5, 5.41) is 0. The molecular weight excluding hydrogens is 214 g/mol. The van der Waals surface area contributed by atoms with E-state index in [1.807, 2.05) is 25.2 Å². The van der Waals surface area contributed by atoms with Crippen molar-refractivity contribution in [1.82, 2.24) is 9.88 Å². The van der Waals surface area contributed by atoms with Gasteiger partial charge in [0.25, 0.3) is 0 Å². The van der Waals surface area contributed by atoms with Crippen molar-refractivity contribution in [2.24, 2.45) is 11.1 Å². The second-order valence-corrected chi connectivity index (χ2v) is 4.95. The molecule has 17 heavy (non-hydrogen) atoms. The maximum atomic E-state index is 12.0. The van der Waals surface area contributed by atoms with Crippen molar-refractivity contribution in [2.75, 3.05) is 20.1 Å². The van der Waals surface area contributed by atoms with Crippen LogP contribution in [-0.2, 0) is 11.2 Å². The first kappa shape index (κ1) is 12.0. The van der Waals surface area contributed by atoms with Gasteiger partial charge in [0.1, 0.15) is 0 Å². The minimum Gasteiger partial charge on any atom is -0.345 e. The minimum atomic E-state index is 0.114. The number of amides is 1. The van der Waals surface area contributed by atoms with Gasteiger partial charge in [-0.3, -0.25) is 9.78 Å². The van der Waals surface area contributed by atoms with Crippen molar-refractivity contribution in [3.63, 3.8) is 0 Å². The summed E-state index contributed by atoms with van der Waals surface area (Å²) in [6, 6.07) is 5.63. The van der Waals surface area contributed by atoms with Crippen molar-refractivity contribution >= 4 is 5.91 Å². The second-order valence-electron chi connectivity index (χ2n) is 4.95. The molecule has 0 aliphatic heterocycles. The number of nitrogens with zero attached hydrogens (tertiary/aromatic N) is 2. The van der Waals surface area contributed by atoms with E-state index in [1.54, 1.807) is 11.1 Å². The molecule has 1 aromatic heterocycles. The Kier molecular flexibility index (Phi) is 3.43. The first-order chi connectivity index (χ1) is 8.15. The maximum absolute atomic E-state index is 12.0. The number of pyridine rings is 1. The van der Waals surface area contributed by atoms with E-state index >= 15 is 0 Å². The van der Waals surface area contributed by atoms with E-state index in [0.29, 0.717) is 13.0 Å². The van der Waals surface area contributed by atoms with Crippen LogP contribution >= 0.6 is 0 Å². The SMILES string of the molecule is CN(CC1(CN)CC1)C(=O)Cc1ccccn1. The fourth-order valence-corrected chi connectivity index (χ4v) is 1.99. The quantitative estimate of drug-likeness (QED) is 0.819. The Balaban J connectivity index is 1.88. The predicted molar refractivity (Wildman–Crippen MR) is 66.3 cm³/mol. The summed E-state index contributed by atoms with van der Waals surface area (Å²) in [4.78, 5) is 17.9. The van der Waals surface area contributed by atoms with E-state index in [2.05, 4.69) is 4.98 Å². The molecule has 92 valence electrons. The molecule has 1 heterocycles. The van der Waals surface area contributed by atoms with E-state index < -0.39 is 0 Å². The Morgan fingerprint density at radius 3 is 2.82 bits per heavy atom. The van der Waals surface area contributed by atoms with Gasteiger partial charge in [0.2, 0.25) is 5.91 Å². The van der Waals surface area contributed by atoms with Crippen LogP contribution in [0.2, 0.25) is 0 Å². The number of carbonyl (C=O) groups excluding carboxylic acids is 1. The number of rotatable bonds is 5. The fourth-order valence-electron chi connectivity index (χ4n) is 1.99. The van der Waals surface area contributed by atoms with Crippen LogP contribution in [0, 0.1) is 5.41 Å². The highest BCUT2D eigenvalue weighted by Crippen LogP contribution is 2.44. The maximum Gasteiger partial charge on any atom is 0.228 e. The first-order valence-electron chi connectivity index (χ1n) is 5.99. The van der Waals surface area contributed by atoms with Crippen LogP contribution in [0.3, 0.4) is 0 Å². The molecule has 1 amide bonds. The number of hydrogen-bond donors (Lipinski definition) is 1. The van der Waals surface area contributed by atoms with Crippen LogP contribution in [0.4, 0.5) is 0 Å². The Bertz CT molecular complexity index is 387. The van der Waals surface area contributed by atoms with E-state index in [-0.39, 0.29) is 11.3 Å². The Morgan fingerprint density at radius 2 is 2.29 bits per heavy atom. The monoisotopic (exact) mass is 233 g/mol. The molecule has 2 rings (SSSR count). The highest BCUT2D eigenvalue weighted by molar-refractivity contribution is 5.78. The molecular formula is C13H19N3O. The highest BCUT2D eigenvalue weighted by Gasteiger charge is 2.42. The van der Waals surface area contributed by atoms with Crippen molar-refractivity contribution in [3.05, 3.63) is 30.1 Å². The smallest absolute Gasteiger partial charge is 0.228 e. The molecule has 1 fully saturated rings. The lowest BCUT2D eigenvalue weighted by atomic mass is 10.1. The summed E-state index contributed by atoms with van der Waals surface area (Å²) in [6.07, 6.45) is 4.37. The Morgan fingerprint density at radius 1 is 1.53 bits per heavy atom. The van der Waals surface area contributed by atoms with Gasteiger partial charge in [0.05, 0.1) is 6.42 Å². The van der Waals surface area contributed by atoms with Crippen LogP contribution in [0.1, 0.15) is 18.5 Å². The number of hydrogen-bond acceptors (Lipinski definition) is 3. The van der Waals surface area contributed by atoms with Gasteiger partial charge in [0.15, 0.2) is 0 Å². The third-order valence-electron chi connectivity index (χ3n) is 3.45.